The summed E-state index contributed by atoms with van der Waals surface area (Å²) in [5, 5.41) is 8.70. The number of carbonyl (C=O) groups is 2. The fourth-order valence-corrected chi connectivity index (χ4v) is 1.47. The normalized spacial score (nSPS) is 11.3. The minimum Gasteiger partial charge on any atom is -0.497 e. The summed E-state index contributed by atoms with van der Waals surface area (Å²) in [6.45, 7) is 0. The van der Waals surface area contributed by atoms with Gasteiger partial charge >= 0.3 is 5.97 Å². The van der Waals surface area contributed by atoms with Crippen LogP contribution in [-0.4, -0.2) is 24.0 Å². The van der Waals surface area contributed by atoms with E-state index < -0.39 is 17.7 Å². The molecule has 1 aromatic carbocycles. The Morgan fingerprint density at radius 1 is 1.41 bits per heavy atom. The molecule has 1 atom stereocenters. The van der Waals surface area contributed by atoms with Crippen molar-refractivity contribution < 1.29 is 19.4 Å². The highest BCUT2D eigenvalue weighted by atomic mass is 16.5. The van der Waals surface area contributed by atoms with Crippen LogP contribution in [0.25, 0.3) is 0 Å². The molecule has 88 valence electrons. The topological polar surface area (TPSA) is 63.6 Å². The van der Waals surface area contributed by atoms with Crippen LogP contribution in [0.2, 0.25) is 0 Å². The highest BCUT2D eigenvalue weighted by Crippen LogP contribution is 2.23. The largest absolute Gasteiger partial charge is 0.497 e. The van der Waals surface area contributed by atoms with E-state index >= 15 is 0 Å². The van der Waals surface area contributed by atoms with Crippen LogP contribution < -0.4 is 4.74 Å². The molecule has 1 N–H and O–H groups in total. The monoisotopic (exact) mass is 232 g/mol. The number of ether oxygens (including phenoxy) is 1. The van der Waals surface area contributed by atoms with E-state index in [1.165, 1.54) is 7.11 Å². The fourth-order valence-electron chi connectivity index (χ4n) is 1.47. The molecule has 0 spiro atoms. The average molecular weight is 232 g/mol. The SMILES string of the molecule is C#CCC(C(=O)C(=O)O)c1ccc(OC)cc1. The van der Waals surface area contributed by atoms with Gasteiger partial charge in [0.15, 0.2) is 0 Å². The molecule has 0 aliphatic heterocycles. The van der Waals surface area contributed by atoms with Crippen molar-refractivity contribution in [1.29, 1.82) is 0 Å². The number of carboxylic acid groups (broad SMARTS) is 1. The third-order valence-corrected chi connectivity index (χ3v) is 2.37. The van der Waals surface area contributed by atoms with Gasteiger partial charge in [-0.25, -0.2) is 4.79 Å². The molecular weight excluding hydrogens is 220 g/mol. The maximum Gasteiger partial charge on any atom is 0.372 e. The molecule has 0 heterocycles. The number of Topliss-reactive ketones (excluding diaryl/α,β-unsaturated/α-hetero) is 1. The maximum atomic E-state index is 11.5. The van der Waals surface area contributed by atoms with Crippen molar-refractivity contribution in [2.45, 2.75) is 12.3 Å². The minimum absolute atomic E-state index is 0.0669. The van der Waals surface area contributed by atoms with Crippen LogP contribution in [0.1, 0.15) is 17.9 Å². The summed E-state index contributed by atoms with van der Waals surface area (Å²) in [5.74, 6) is -0.218. The van der Waals surface area contributed by atoms with E-state index in [1.54, 1.807) is 24.3 Å². The predicted molar refractivity (Wildman–Crippen MR) is 61.8 cm³/mol. The van der Waals surface area contributed by atoms with Crippen LogP contribution >= 0.6 is 0 Å². The third kappa shape index (κ3) is 3.08. The van der Waals surface area contributed by atoms with E-state index in [4.69, 9.17) is 16.3 Å². The Balaban J connectivity index is 3.01. The number of ketones is 1. The molecular formula is C13H12O4. The number of terminal acetylenes is 1. The van der Waals surface area contributed by atoms with E-state index in [0.717, 1.165) is 0 Å². The number of methoxy groups -OCH3 is 1. The molecule has 0 radical (unpaired) electrons. The Hall–Kier alpha value is -2.28. The van der Waals surface area contributed by atoms with Gasteiger partial charge in [0.05, 0.1) is 13.0 Å². The predicted octanol–water partition coefficient (Wildman–Crippen LogP) is 1.46. The van der Waals surface area contributed by atoms with Gasteiger partial charge in [0.2, 0.25) is 5.78 Å². The van der Waals surface area contributed by atoms with Crippen molar-refractivity contribution in [3.63, 3.8) is 0 Å². The molecule has 0 fully saturated rings. The Morgan fingerprint density at radius 3 is 2.41 bits per heavy atom. The summed E-state index contributed by atoms with van der Waals surface area (Å²) in [6.07, 6.45) is 5.21. The van der Waals surface area contributed by atoms with Crippen LogP contribution in [0, 0.1) is 12.3 Å². The molecule has 4 heteroatoms. The van der Waals surface area contributed by atoms with E-state index in [-0.39, 0.29) is 6.42 Å². The second-order valence-corrected chi connectivity index (χ2v) is 3.40. The van der Waals surface area contributed by atoms with Gasteiger partial charge in [-0.05, 0) is 17.7 Å². The molecule has 1 aromatic rings. The van der Waals surface area contributed by atoms with Gasteiger partial charge < -0.3 is 9.84 Å². The number of hydrogen-bond donors (Lipinski definition) is 1. The third-order valence-electron chi connectivity index (χ3n) is 2.37. The van der Waals surface area contributed by atoms with Crippen molar-refractivity contribution in [2.75, 3.05) is 7.11 Å². The molecule has 17 heavy (non-hydrogen) atoms. The molecule has 0 aliphatic carbocycles. The van der Waals surface area contributed by atoms with E-state index in [0.29, 0.717) is 11.3 Å². The summed E-state index contributed by atoms with van der Waals surface area (Å²) in [6, 6.07) is 6.60. The van der Waals surface area contributed by atoms with E-state index in [1.807, 2.05) is 0 Å². The molecule has 0 saturated carbocycles. The first-order chi connectivity index (χ1) is 8.10. The Kier molecular flexibility index (Phi) is 4.29. The number of carboxylic acids is 1. The van der Waals surface area contributed by atoms with Gasteiger partial charge in [-0.3, -0.25) is 4.79 Å². The highest BCUT2D eigenvalue weighted by Gasteiger charge is 2.25. The van der Waals surface area contributed by atoms with Gasteiger partial charge in [-0.15, -0.1) is 12.3 Å². The number of carbonyl (C=O) groups excluding carboxylic acids is 1. The summed E-state index contributed by atoms with van der Waals surface area (Å²) in [4.78, 5) is 22.1. The quantitative estimate of drug-likeness (QED) is 0.616. The van der Waals surface area contributed by atoms with Crippen LogP contribution in [0.4, 0.5) is 0 Å². The Bertz CT molecular complexity index is 453. The lowest BCUT2D eigenvalue weighted by Crippen LogP contribution is -2.21. The summed E-state index contributed by atoms with van der Waals surface area (Å²) in [7, 11) is 1.52. The first-order valence-electron chi connectivity index (χ1n) is 4.94. The molecule has 4 nitrogen and oxygen atoms in total. The lowest BCUT2D eigenvalue weighted by Gasteiger charge is -2.11. The van der Waals surface area contributed by atoms with Crippen LogP contribution in [0.15, 0.2) is 24.3 Å². The maximum absolute atomic E-state index is 11.5. The molecule has 0 amide bonds. The lowest BCUT2D eigenvalue weighted by atomic mass is 9.92. The van der Waals surface area contributed by atoms with Gasteiger partial charge in [0, 0.05) is 6.42 Å². The van der Waals surface area contributed by atoms with Crippen molar-refractivity contribution in [3.8, 4) is 18.1 Å². The Morgan fingerprint density at radius 2 is 2.00 bits per heavy atom. The van der Waals surface area contributed by atoms with Crippen LogP contribution in [-0.2, 0) is 9.59 Å². The number of benzene rings is 1. The van der Waals surface area contributed by atoms with Crippen LogP contribution in [0.3, 0.4) is 0 Å². The standard InChI is InChI=1S/C13H12O4/c1-3-4-11(12(14)13(15)16)9-5-7-10(17-2)8-6-9/h1,5-8,11H,4H2,2H3,(H,15,16). The van der Waals surface area contributed by atoms with Crippen molar-refractivity contribution in [3.05, 3.63) is 29.8 Å². The fraction of sp³-hybridized carbons (Fsp3) is 0.231. The summed E-state index contributed by atoms with van der Waals surface area (Å²) in [5.41, 5.74) is 0.580. The zero-order valence-corrected chi connectivity index (χ0v) is 9.34. The summed E-state index contributed by atoms with van der Waals surface area (Å²) >= 11 is 0. The number of aliphatic carboxylic acids is 1. The smallest absolute Gasteiger partial charge is 0.372 e. The second-order valence-electron chi connectivity index (χ2n) is 3.40. The van der Waals surface area contributed by atoms with Gasteiger partial charge in [0.25, 0.3) is 0 Å². The second kappa shape index (κ2) is 5.71. The minimum atomic E-state index is -1.47. The first-order valence-corrected chi connectivity index (χ1v) is 4.94. The molecule has 0 bridgehead atoms. The average Bonchev–Trinajstić information content (AvgIpc) is 2.35. The van der Waals surface area contributed by atoms with Gasteiger partial charge in [-0.2, -0.15) is 0 Å². The first kappa shape index (κ1) is 12.8. The molecule has 1 rings (SSSR count). The molecule has 1 unspecified atom stereocenters. The molecule has 0 aromatic heterocycles. The summed E-state index contributed by atoms with van der Waals surface area (Å²) < 4.78 is 4.98. The van der Waals surface area contributed by atoms with Crippen LogP contribution in [0.5, 0.6) is 5.75 Å². The van der Waals surface area contributed by atoms with E-state index in [9.17, 15) is 9.59 Å². The van der Waals surface area contributed by atoms with Crippen molar-refractivity contribution in [2.24, 2.45) is 0 Å². The Labute approximate surface area is 99.2 Å². The highest BCUT2D eigenvalue weighted by molar-refractivity contribution is 6.35. The van der Waals surface area contributed by atoms with E-state index in [2.05, 4.69) is 5.92 Å². The zero-order valence-electron chi connectivity index (χ0n) is 9.34. The van der Waals surface area contributed by atoms with Gasteiger partial charge in [0.1, 0.15) is 5.75 Å². The molecule has 0 aliphatic rings. The zero-order chi connectivity index (χ0) is 12.8. The van der Waals surface area contributed by atoms with Gasteiger partial charge in [-0.1, -0.05) is 12.1 Å². The van der Waals surface area contributed by atoms with Crippen molar-refractivity contribution in [1.82, 2.24) is 0 Å². The number of hydrogen-bond acceptors (Lipinski definition) is 3. The lowest BCUT2D eigenvalue weighted by molar-refractivity contribution is -0.149. The van der Waals surface area contributed by atoms with Crippen molar-refractivity contribution >= 4 is 11.8 Å². The molecule has 0 saturated heterocycles. The number of rotatable bonds is 5.